The number of likely N-dealkylation sites (tertiary alicyclic amines) is 1. The van der Waals surface area contributed by atoms with Gasteiger partial charge in [0.05, 0.1) is 31.6 Å². The Bertz CT molecular complexity index is 858. The molecule has 2 unspecified atom stereocenters. The van der Waals surface area contributed by atoms with Crippen molar-refractivity contribution < 1.29 is 14.3 Å². The Labute approximate surface area is 191 Å². The summed E-state index contributed by atoms with van der Waals surface area (Å²) in [6.45, 7) is 5.61. The van der Waals surface area contributed by atoms with Crippen molar-refractivity contribution in [3.8, 4) is 0 Å². The lowest BCUT2D eigenvalue weighted by Gasteiger charge is -2.41. The predicted molar refractivity (Wildman–Crippen MR) is 125 cm³/mol. The van der Waals surface area contributed by atoms with E-state index in [1.165, 1.54) is 18.2 Å². The fourth-order valence-corrected chi connectivity index (χ4v) is 5.52. The van der Waals surface area contributed by atoms with E-state index in [1.807, 2.05) is 11.1 Å². The van der Waals surface area contributed by atoms with E-state index in [-0.39, 0.29) is 24.2 Å². The molecule has 2 fully saturated rings. The summed E-state index contributed by atoms with van der Waals surface area (Å²) in [4.78, 5) is 14.4. The average Bonchev–Trinajstić information content (AvgIpc) is 3.33. The van der Waals surface area contributed by atoms with Gasteiger partial charge in [0, 0.05) is 18.7 Å². The summed E-state index contributed by atoms with van der Waals surface area (Å²) in [5.41, 5.74) is 3.75. The molecular formula is C26H37N3O3. The topological polar surface area (TPSA) is 67.5 Å². The number of H-pyrrole nitrogens is 1. The third-order valence-corrected chi connectivity index (χ3v) is 7.31. The van der Waals surface area contributed by atoms with Gasteiger partial charge in [0.1, 0.15) is 0 Å². The summed E-state index contributed by atoms with van der Waals surface area (Å²) in [6, 6.07) is 10.8. The molecule has 2 heterocycles. The van der Waals surface area contributed by atoms with Gasteiger partial charge in [0.25, 0.3) is 0 Å². The van der Waals surface area contributed by atoms with Gasteiger partial charge >= 0.3 is 6.09 Å². The molecular weight excluding hydrogens is 402 g/mol. The molecule has 1 aromatic carbocycles. The highest BCUT2D eigenvalue weighted by Gasteiger charge is 2.39. The molecule has 1 saturated carbocycles. The summed E-state index contributed by atoms with van der Waals surface area (Å²) < 4.78 is 11.6. The van der Waals surface area contributed by atoms with Crippen molar-refractivity contribution in [1.29, 1.82) is 0 Å². The Hall–Kier alpha value is -2.34. The van der Waals surface area contributed by atoms with Crippen LogP contribution in [-0.4, -0.2) is 53.6 Å². The Morgan fingerprint density at radius 2 is 1.91 bits per heavy atom. The Morgan fingerprint density at radius 3 is 2.59 bits per heavy atom. The van der Waals surface area contributed by atoms with Crippen LogP contribution in [0.25, 0.3) is 0 Å². The molecule has 0 spiro atoms. The number of aromatic nitrogens is 2. The lowest BCUT2D eigenvalue weighted by Crippen LogP contribution is -2.50. The molecule has 1 N–H and O–H groups in total. The summed E-state index contributed by atoms with van der Waals surface area (Å²) in [5.74, 6) is 1.17. The number of hydrogen-bond donors (Lipinski definition) is 1. The number of benzene rings is 1. The highest BCUT2D eigenvalue weighted by Crippen LogP contribution is 2.38. The highest BCUT2D eigenvalue weighted by molar-refractivity contribution is 5.68. The SMILES string of the molecule is COC(=O)N1CCCC(c2n[nH]cc2C(C)C)C1COC1CCC(c2ccccc2)CC1. The van der Waals surface area contributed by atoms with Gasteiger partial charge in [-0.05, 0) is 61.5 Å². The molecule has 4 rings (SSSR count). The van der Waals surface area contributed by atoms with Gasteiger partial charge in [-0.25, -0.2) is 4.79 Å². The first kappa shape index (κ1) is 22.8. The van der Waals surface area contributed by atoms with Crippen molar-refractivity contribution in [2.24, 2.45) is 0 Å². The maximum atomic E-state index is 12.6. The number of carbonyl (C=O) groups is 1. The third-order valence-electron chi connectivity index (χ3n) is 7.31. The van der Waals surface area contributed by atoms with Gasteiger partial charge in [-0.15, -0.1) is 0 Å². The van der Waals surface area contributed by atoms with E-state index in [4.69, 9.17) is 9.47 Å². The number of piperidine rings is 1. The summed E-state index contributed by atoms with van der Waals surface area (Å²) in [6.07, 6.45) is 8.37. The number of nitrogens with one attached hydrogen (secondary N) is 1. The first-order valence-corrected chi connectivity index (χ1v) is 12.1. The number of amides is 1. The molecule has 2 atom stereocenters. The minimum atomic E-state index is -0.266. The second-order valence-electron chi connectivity index (χ2n) is 9.58. The van der Waals surface area contributed by atoms with Crippen LogP contribution in [0, 0.1) is 0 Å². The average molecular weight is 440 g/mol. The number of methoxy groups -OCH3 is 1. The van der Waals surface area contributed by atoms with Crippen molar-refractivity contribution in [2.75, 3.05) is 20.3 Å². The van der Waals surface area contributed by atoms with Crippen LogP contribution in [0.15, 0.2) is 36.5 Å². The molecule has 6 nitrogen and oxygen atoms in total. The monoisotopic (exact) mass is 439 g/mol. The predicted octanol–water partition coefficient (Wildman–Crippen LogP) is 5.59. The van der Waals surface area contributed by atoms with E-state index < -0.39 is 0 Å². The zero-order chi connectivity index (χ0) is 22.5. The van der Waals surface area contributed by atoms with E-state index in [1.54, 1.807) is 0 Å². The lowest BCUT2D eigenvalue weighted by atomic mass is 9.82. The molecule has 0 radical (unpaired) electrons. The fraction of sp³-hybridized carbons (Fsp3) is 0.615. The quantitative estimate of drug-likeness (QED) is 0.637. The number of ether oxygens (including phenoxy) is 2. The Balaban J connectivity index is 1.43. The van der Waals surface area contributed by atoms with Crippen LogP contribution in [0.4, 0.5) is 4.79 Å². The molecule has 1 amide bonds. The minimum Gasteiger partial charge on any atom is -0.453 e. The molecule has 1 aliphatic heterocycles. The van der Waals surface area contributed by atoms with Crippen molar-refractivity contribution in [3.05, 3.63) is 53.3 Å². The van der Waals surface area contributed by atoms with Crippen molar-refractivity contribution in [1.82, 2.24) is 15.1 Å². The first-order valence-electron chi connectivity index (χ1n) is 12.1. The summed E-state index contributed by atoms with van der Waals surface area (Å²) >= 11 is 0. The number of carbonyl (C=O) groups excluding carboxylic acids is 1. The first-order chi connectivity index (χ1) is 15.6. The van der Waals surface area contributed by atoms with E-state index in [2.05, 4.69) is 54.4 Å². The van der Waals surface area contributed by atoms with Gasteiger partial charge in [-0.3, -0.25) is 5.10 Å². The number of rotatable bonds is 6. The number of nitrogens with zero attached hydrogens (tertiary/aromatic N) is 2. The highest BCUT2D eigenvalue weighted by atomic mass is 16.5. The van der Waals surface area contributed by atoms with Crippen LogP contribution < -0.4 is 0 Å². The molecule has 32 heavy (non-hydrogen) atoms. The maximum absolute atomic E-state index is 12.6. The molecule has 1 aromatic heterocycles. The largest absolute Gasteiger partial charge is 0.453 e. The molecule has 174 valence electrons. The molecule has 2 aliphatic rings. The molecule has 2 aromatic rings. The van der Waals surface area contributed by atoms with Crippen LogP contribution in [0.3, 0.4) is 0 Å². The minimum absolute atomic E-state index is 0.0520. The molecule has 6 heteroatoms. The second-order valence-corrected chi connectivity index (χ2v) is 9.58. The van der Waals surface area contributed by atoms with Gasteiger partial charge in [0.15, 0.2) is 0 Å². The van der Waals surface area contributed by atoms with Gasteiger partial charge in [0.2, 0.25) is 0 Å². The zero-order valence-corrected chi connectivity index (χ0v) is 19.6. The van der Waals surface area contributed by atoms with Crippen LogP contribution >= 0.6 is 0 Å². The van der Waals surface area contributed by atoms with E-state index in [9.17, 15) is 4.79 Å². The third kappa shape index (κ3) is 5.01. The van der Waals surface area contributed by atoms with Gasteiger partial charge in [-0.1, -0.05) is 44.2 Å². The normalized spacial score (nSPS) is 26.3. The van der Waals surface area contributed by atoms with Gasteiger partial charge < -0.3 is 14.4 Å². The summed E-state index contributed by atoms with van der Waals surface area (Å²) in [5, 5.41) is 7.67. The lowest BCUT2D eigenvalue weighted by molar-refractivity contribution is -0.0243. The van der Waals surface area contributed by atoms with E-state index in [0.717, 1.165) is 44.2 Å². The van der Waals surface area contributed by atoms with Crippen molar-refractivity contribution in [3.63, 3.8) is 0 Å². The van der Waals surface area contributed by atoms with Crippen LogP contribution in [0.2, 0.25) is 0 Å². The standard InChI is InChI=1S/C26H37N3O3/c1-18(2)23-16-27-28-25(23)22-10-7-15-29(26(30)31-3)24(22)17-32-21-13-11-20(12-14-21)19-8-5-4-6-9-19/h4-6,8-9,16,18,20-22,24H,7,10-15,17H2,1-3H3,(H,27,28). The fourth-order valence-electron chi connectivity index (χ4n) is 5.52. The van der Waals surface area contributed by atoms with Crippen LogP contribution in [0.1, 0.15) is 86.9 Å². The smallest absolute Gasteiger partial charge is 0.409 e. The second kappa shape index (κ2) is 10.5. The van der Waals surface area contributed by atoms with Crippen molar-refractivity contribution >= 4 is 6.09 Å². The zero-order valence-electron chi connectivity index (χ0n) is 19.6. The van der Waals surface area contributed by atoms with E-state index >= 15 is 0 Å². The summed E-state index contributed by atoms with van der Waals surface area (Å²) in [7, 11) is 1.46. The Morgan fingerprint density at radius 1 is 1.16 bits per heavy atom. The molecule has 0 bridgehead atoms. The van der Waals surface area contributed by atoms with Crippen LogP contribution in [-0.2, 0) is 9.47 Å². The van der Waals surface area contributed by atoms with Crippen molar-refractivity contribution in [2.45, 2.75) is 82.3 Å². The van der Waals surface area contributed by atoms with Crippen LogP contribution in [0.5, 0.6) is 0 Å². The molecule has 1 aliphatic carbocycles. The van der Waals surface area contributed by atoms with Gasteiger partial charge in [-0.2, -0.15) is 5.10 Å². The number of hydrogen-bond acceptors (Lipinski definition) is 4. The maximum Gasteiger partial charge on any atom is 0.409 e. The van der Waals surface area contributed by atoms with E-state index in [0.29, 0.717) is 25.0 Å². The number of aromatic amines is 1. The Kier molecular flexibility index (Phi) is 7.51. The molecule has 1 saturated heterocycles.